The van der Waals surface area contributed by atoms with Crippen LogP contribution in [-0.4, -0.2) is 6.29 Å². The van der Waals surface area contributed by atoms with Crippen molar-refractivity contribution in [2.45, 2.75) is 23.6 Å². The Labute approximate surface area is 107 Å². The molecule has 17 heavy (non-hydrogen) atoms. The Morgan fingerprint density at radius 1 is 0.824 bits per heavy atom. The Morgan fingerprint density at radius 2 is 1.35 bits per heavy atom. The number of benzene rings is 2. The first-order valence-electron chi connectivity index (χ1n) is 5.66. The van der Waals surface area contributed by atoms with Crippen molar-refractivity contribution in [2.24, 2.45) is 0 Å². The molecular weight excluding hydrogens is 228 g/mol. The van der Waals surface area contributed by atoms with Gasteiger partial charge in [-0.25, -0.2) is 0 Å². The van der Waals surface area contributed by atoms with E-state index >= 15 is 0 Å². The van der Waals surface area contributed by atoms with Gasteiger partial charge < -0.3 is 0 Å². The van der Waals surface area contributed by atoms with Gasteiger partial charge in [-0.1, -0.05) is 55.9 Å². The molecule has 0 aliphatic carbocycles. The van der Waals surface area contributed by atoms with Gasteiger partial charge in [0.05, 0.1) is 0 Å². The Balaban J connectivity index is 0.000000686. The lowest BCUT2D eigenvalue weighted by molar-refractivity contribution is 0.112. The summed E-state index contributed by atoms with van der Waals surface area (Å²) in [7, 11) is 0. The van der Waals surface area contributed by atoms with Crippen molar-refractivity contribution in [3.05, 3.63) is 60.2 Å². The number of aldehydes is 1. The smallest absolute Gasteiger partial charge is 0.150 e. The second-order valence-electron chi connectivity index (χ2n) is 3.10. The Kier molecular flexibility index (Phi) is 6.12. The molecule has 0 aliphatic rings. The van der Waals surface area contributed by atoms with Crippen molar-refractivity contribution in [2.75, 3.05) is 0 Å². The topological polar surface area (TPSA) is 17.1 Å². The standard InChI is InChI=1S/C13H10OS.C2H6/c14-10-11-6-8-13(9-7-11)15-12-4-2-1-3-5-12;1-2/h1-10H;1-2H3. The first-order chi connectivity index (χ1) is 8.38. The molecule has 1 nitrogen and oxygen atoms in total. The molecule has 2 aromatic carbocycles. The maximum absolute atomic E-state index is 10.5. The van der Waals surface area contributed by atoms with Crippen molar-refractivity contribution in [3.8, 4) is 0 Å². The summed E-state index contributed by atoms with van der Waals surface area (Å²) in [4.78, 5) is 12.8. The number of rotatable bonds is 3. The fourth-order valence-electron chi connectivity index (χ4n) is 1.24. The predicted octanol–water partition coefficient (Wildman–Crippen LogP) is 4.68. The zero-order chi connectivity index (χ0) is 12.5. The molecule has 0 aromatic heterocycles. The van der Waals surface area contributed by atoms with Crippen LogP contribution in [0.15, 0.2) is 64.4 Å². The molecule has 0 heterocycles. The normalized spacial score (nSPS) is 9.06. The molecular formula is C15H16OS. The molecule has 0 N–H and O–H groups in total. The van der Waals surface area contributed by atoms with Crippen molar-refractivity contribution in [1.82, 2.24) is 0 Å². The van der Waals surface area contributed by atoms with E-state index in [1.165, 1.54) is 4.90 Å². The van der Waals surface area contributed by atoms with E-state index in [2.05, 4.69) is 12.1 Å². The van der Waals surface area contributed by atoms with Gasteiger partial charge >= 0.3 is 0 Å². The summed E-state index contributed by atoms with van der Waals surface area (Å²) in [5.41, 5.74) is 0.715. The van der Waals surface area contributed by atoms with E-state index in [4.69, 9.17) is 0 Å². The van der Waals surface area contributed by atoms with Crippen LogP contribution in [0.25, 0.3) is 0 Å². The van der Waals surface area contributed by atoms with E-state index in [-0.39, 0.29) is 0 Å². The molecule has 88 valence electrons. The fraction of sp³-hybridized carbons (Fsp3) is 0.133. The van der Waals surface area contributed by atoms with Crippen LogP contribution in [0.5, 0.6) is 0 Å². The molecule has 0 aliphatic heterocycles. The third kappa shape index (κ3) is 4.45. The largest absolute Gasteiger partial charge is 0.298 e. The average Bonchev–Trinajstić information content (AvgIpc) is 2.43. The third-order valence-corrected chi connectivity index (χ3v) is 3.01. The van der Waals surface area contributed by atoms with Gasteiger partial charge in [0.2, 0.25) is 0 Å². The minimum Gasteiger partial charge on any atom is -0.298 e. The highest BCUT2D eigenvalue weighted by atomic mass is 32.2. The Morgan fingerprint density at radius 3 is 1.88 bits per heavy atom. The minimum absolute atomic E-state index is 0.715. The third-order valence-electron chi connectivity index (χ3n) is 2.00. The highest BCUT2D eigenvalue weighted by Gasteiger charge is 1.96. The zero-order valence-electron chi connectivity index (χ0n) is 10.1. The highest BCUT2D eigenvalue weighted by molar-refractivity contribution is 7.99. The van der Waals surface area contributed by atoms with Crippen molar-refractivity contribution in [3.63, 3.8) is 0 Å². The summed E-state index contributed by atoms with van der Waals surface area (Å²) in [6, 6.07) is 17.7. The van der Waals surface area contributed by atoms with Crippen LogP contribution >= 0.6 is 11.8 Å². The minimum atomic E-state index is 0.715. The molecule has 0 saturated carbocycles. The average molecular weight is 244 g/mol. The van der Waals surface area contributed by atoms with E-state index in [0.29, 0.717) is 5.56 Å². The molecule has 0 saturated heterocycles. The lowest BCUT2D eigenvalue weighted by atomic mass is 10.2. The summed E-state index contributed by atoms with van der Waals surface area (Å²) < 4.78 is 0. The van der Waals surface area contributed by atoms with Gasteiger partial charge in [0.25, 0.3) is 0 Å². The van der Waals surface area contributed by atoms with E-state index in [0.717, 1.165) is 11.2 Å². The molecule has 2 rings (SSSR count). The SMILES string of the molecule is CC.O=Cc1ccc(Sc2ccccc2)cc1. The molecule has 0 fully saturated rings. The van der Waals surface area contributed by atoms with Crippen molar-refractivity contribution < 1.29 is 4.79 Å². The predicted molar refractivity (Wildman–Crippen MR) is 73.7 cm³/mol. The lowest BCUT2D eigenvalue weighted by Gasteiger charge is -2.00. The number of hydrogen-bond acceptors (Lipinski definition) is 2. The van der Waals surface area contributed by atoms with Crippen LogP contribution in [0.2, 0.25) is 0 Å². The van der Waals surface area contributed by atoms with Crippen LogP contribution < -0.4 is 0 Å². The quantitative estimate of drug-likeness (QED) is 0.729. The summed E-state index contributed by atoms with van der Waals surface area (Å²) >= 11 is 1.69. The summed E-state index contributed by atoms with van der Waals surface area (Å²) in [5, 5.41) is 0. The maximum Gasteiger partial charge on any atom is 0.150 e. The molecule has 0 spiro atoms. The number of hydrogen-bond donors (Lipinski definition) is 0. The van der Waals surface area contributed by atoms with Gasteiger partial charge in [-0.2, -0.15) is 0 Å². The zero-order valence-corrected chi connectivity index (χ0v) is 10.9. The summed E-state index contributed by atoms with van der Waals surface area (Å²) in [6.07, 6.45) is 0.858. The number of carbonyl (C=O) groups is 1. The maximum atomic E-state index is 10.5. The van der Waals surface area contributed by atoms with Crippen LogP contribution in [0, 0.1) is 0 Å². The van der Waals surface area contributed by atoms with Crippen LogP contribution in [-0.2, 0) is 0 Å². The molecule has 0 atom stereocenters. The van der Waals surface area contributed by atoms with Gasteiger partial charge in [-0.15, -0.1) is 0 Å². The first kappa shape index (κ1) is 13.5. The Bertz CT molecular complexity index is 434. The van der Waals surface area contributed by atoms with Crippen molar-refractivity contribution >= 4 is 18.0 Å². The molecule has 2 heteroatoms. The second kappa shape index (κ2) is 7.69. The fourth-order valence-corrected chi connectivity index (χ4v) is 2.08. The Hall–Kier alpha value is -1.54. The van der Waals surface area contributed by atoms with Gasteiger partial charge in [0.1, 0.15) is 6.29 Å². The van der Waals surface area contributed by atoms with Gasteiger partial charge in [0.15, 0.2) is 0 Å². The van der Waals surface area contributed by atoms with E-state index in [9.17, 15) is 4.79 Å². The van der Waals surface area contributed by atoms with Crippen LogP contribution in [0.3, 0.4) is 0 Å². The summed E-state index contributed by atoms with van der Waals surface area (Å²) in [5.74, 6) is 0. The second-order valence-corrected chi connectivity index (χ2v) is 4.25. The molecule has 2 aromatic rings. The van der Waals surface area contributed by atoms with Gasteiger partial charge in [0, 0.05) is 15.4 Å². The first-order valence-corrected chi connectivity index (χ1v) is 6.48. The van der Waals surface area contributed by atoms with E-state index in [1.807, 2.05) is 56.3 Å². The van der Waals surface area contributed by atoms with Gasteiger partial charge in [-0.05, 0) is 24.3 Å². The van der Waals surface area contributed by atoms with E-state index < -0.39 is 0 Å². The highest BCUT2D eigenvalue weighted by Crippen LogP contribution is 2.26. The molecule has 0 amide bonds. The van der Waals surface area contributed by atoms with Crippen molar-refractivity contribution in [1.29, 1.82) is 0 Å². The summed E-state index contributed by atoms with van der Waals surface area (Å²) in [6.45, 7) is 4.00. The lowest BCUT2D eigenvalue weighted by Crippen LogP contribution is -1.78. The van der Waals surface area contributed by atoms with Crippen LogP contribution in [0.1, 0.15) is 24.2 Å². The van der Waals surface area contributed by atoms with Gasteiger partial charge in [-0.3, -0.25) is 4.79 Å². The molecule has 0 bridgehead atoms. The monoisotopic (exact) mass is 244 g/mol. The number of carbonyl (C=O) groups excluding carboxylic acids is 1. The van der Waals surface area contributed by atoms with Crippen LogP contribution in [0.4, 0.5) is 0 Å². The molecule has 0 radical (unpaired) electrons. The molecule has 0 unspecified atom stereocenters. The van der Waals surface area contributed by atoms with E-state index in [1.54, 1.807) is 11.8 Å².